The van der Waals surface area contributed by atoms with Gasteiger partial charge in [-0.2, -0.15) is 0 Å². The average molecular weight is 324 g/mol. The van der Waals surface area contributed by atoms with Crippen molar-refractivity contribution < 1.29 is 18.4 Å². The number of pyridine rings is 1. The number of rotatable bonds is 4. The molecule has 8 heteroatoms. The lowest BCUT2D eigenvalue weighted by molar-refractivity contribution is -0.135. The van der Waals surface area contributed by atoms with Gasteiger partial charge >= 0.3 is 6.03 Å². The fraction of sp³-hybridized carbons (Fsp3) is 0.533. The van der Waals surface area contributed by atoms with E-state index < -0.39 is 30.4 Å². The Morgan fingerprint density at radius 1 is 1.35 bits per heavy atom. The van der Waals surface area contributed by atoms with E-state index in [1.54, 1.807) is 18.3 Å². The molecule has 3 heterocycles. The van der Waals surface area contributed by atoms with Gasteiger partial charge in [0.25, 0.3) is 12.3 Å². The number of nitrogens with one attached hydrogen (secondary N) is 2. The Labute approximate surface area is 132 Å². The summed E-state index contributed by atoms with van der Waals surface area (Å²) in [5, 5.41) is 5.90. The van der Waals surface area contributed by atoms with Crippen LogP contribution in [0.15, 0.2) is 24.5 Å². The van der Waals surface area contributed by atoms with E-state index in [9.17, 15) is 18.4 Å². The van der Waals surface area contributed by atoms with Crippen LogP contribution in [-0.4, -0.2) is 47.9 Å². The Hall–Kier alpha value is -2.09. The molecule has 23 heavy (non-hydrogen) atoms. The standard InChI is InChI=1S/C15H18F2N4O2/c16-12(17)9-21-13(22)15(20-14(21)23,10-3-6-18-7-4-10)11-2-1-5-19-8-11/h1-2,5,8,10,12,18H,3-4,6-7,9H2,(H,20,23)/t15-/m1/s1. The molecule has 0 radical (unpaired) electrons. The van der Waals surface area contributed by atoms with Crippen LogP contribution in [0, 0.1) is 5.92 Å². The van der Waals surface area contributed by atoms with Gasteiger partial charge in [0.05, 0.1) is 6.54 Å². The first-order chi connectivity index (χ1) is 11.1. The van der Waals surface area contributed by atoms with E-state index in [-0.39, 0.29) is 5.92 Å². The molecule has 3 amide bonds. The van der Waals surface area contributed by atoms with Gasteiger partial charge in [0, 0.05) is 18.0 Å². The number of carbonyl (C=O) groups is 2. The van der Waals surface area contributed by atoms with Crippen LogP contribution >= 0.6 is 0 Å². The molecule has 2 N–H and O–H groups in total. The van der Waals surface area contributed by atoms with E-state index in [1.807, 2.05) is 0 Å². The Morgan fingerprint density at radius 3 is 2.70 bits per heavy atom. The molecule has 2 fully saturated rings. The van der Waals surface area contributed by atoms with Gasteiger partial charge < -0.3 is 10.6 Å². The predicted octanol–water partition coefficient (Wildman–Crippen LogP) is 1.09. The highest BCUT2D eigenvalue weighted by Gasteiger charge is 2.57. The van der Waals surface area contributed by atoms with Gasteiger partial charge in [-0.25, -0.2) is 13.6 Å². The van der Waals surface area contributed by atoms with Crippen molar-refractivity contribution in [3.05, 3.63) is 30.1 Å². The summed E-state index contributed by atoms with van der Waals surface area (Å²) in [6.45, 7) is 0.535. The minimum Gasteiger partial charge on any atom is -0.319 e. The second-order valence-electron chi connectivity index (χ2n) is 5.81. The van der Waals surface area contributed by atoms with Gasteiger partial charge in [-0.3, -0.25) is 14.7 Å². The van der Waals surface area contributed by atoms with E-state index in [0.717, 1.165) is 0 Å². The smallest absolute Gasteiger partial charge is 0.319 e. The summed E-state index contributed by atoms with van der Waals surface area (Å²) in [4.78, 5) is 29.8. The first kappa shape index (κ1) is 15.8. The number of hydrogen-bond acceptors (Lipinski definition) is 4. The molecule has 0 bridgehead atoms. The first-order valence-corrected chi connectivity index (χ1v) is 7.59. The van der Waals surface area contributed by atoms with Crippen molar-refractivity contribution in [1.82, 2.24) is 20.5 Å². The van der Waals surface area contributed by atoms with Crippen molar-refractivity contribution in [1.29, 1.82) is 0 Å². The van der Waals surface area contributed by atoms with Gasteiger partial charge in [-0.1, -0.05) is 6.07 Å². The zero-order chi connectivity index (χ0) is 16.4. The molecule has 1 aromatic rings. The van der Waals surface area contributed by atoms with Crippen molar-refractivity contribution in [3.8, 4) is 0 Å². The molecular weight excluding hydrogens is 306 g/mol. The Balaban J connectivity index is 2.03. The van der Waals surface area contributed by atoms with E-state index in [4.69, 9.17) is 0 Å². The Bertz CT molecular complexity index is 592. The quantitative estimate of drug-likeness (QED) is 0.813. The fourth-order valence-corrected chi connectivity index (χ4v) is 3.46. The maximum atomic E-state index is 12.9. The number of carbonyl (C=O) groups excluding carboxylic acids is 2. The molecule has 2 saturated heterocycles. The molecule has 0 aliphatic carbocycles. The minimum absolute atomic E-state index is 0.160. The van der Waals surface area contributed by atoms with Crippen molar-refractivity contribution >= 4 is 11.9 Å². The van der Waals surface area contributed by atoms with E-state index in [0.29, 0.717) is 36.4 Å². The van der Waals surface area contributed by atoms with Crippen LogP contribution in [-0.2, 0) is 10.3 Å². The summed E-state index contributed by atoms with van der Waals surface area (Å²) in [6.07, 6.45) is 1.67. The van der Waals surface area contributed by atoms with Gasteiger partial charge in [0.1, 0.15) is 0 Å². The summed E-state index contributed by atoms with van der Waals surface area (Å²) >= 11 is 0. The number of hydrogen-bond donors (Lipinski definition) is 2. The van der Waals surface area contributed by atoms with Crippen LogP contribution in [0.5, 0.6) is 0 Å². The monoisotopic (exact) mass is 324 g/mol. The summed E-state index contributed by atoms with van der Waals surface area (Å²) < 4.78 is 25.5. The third-order valence-electron chi connectivity index (χ3n) is 4.52. The summed E-state index contributed by atoms with van der Waals surface area (Å²) in [5.74, 6) is -0.769. The average Bonchev–Trinajstić information content (AvgIpc) is 2.82. The van der Waals surface area contributed by atoms with E-state index in [1.165, 1.54) is 6.20 Å². The number of imide groups is 1. The number of halogens is 2. The fourth-order valence-electron chi connectivity index (χ4n) is 3.46. The lowest BCUT2D eigenvalue weighted by Crippen LogP contribution is -2.53. The molecule has 1 aromatic heterocycles. The van der Waals surface area contributed by atoms with Crippen LogP contribution in [0.4, 0.5) is 13.6 Å². The van der Waals surface area contributed by atoms with Crippen molar-refractivity contribution in [3.63, 3.8) is 0 Å². The van der Waals surface area contributed by atoms with Crippen LogP contribution in [0.3, 0.4) is 0 Å². The second kappa shape index (κ2) is 6.19. The number of amides is 3. The molecule has 124 valence electrons. The van der Waals surface area contributed by atoms with Crippen LogP contribution < -0.4 is 10.6 Å². The third kappa shape index (κ3) is 2.67. The molecule has 2 aliphatic heterocycles. The van der Waals surface area contributed by atoms with Gasteiger partial charge in [-0.15, -0.1) is 0 Å². The predicted molar refractivity (Wildman–Crippen MR) is 77.8 cm³/mol. The SMILES string of the molecule is O=C1N[C@@](c2cccnc2)(C2CCNCC2)C(=O)N1CC(F)F. The number of aromatic nitrogens is 1. The lowest BCUT2D eigenvalue weighted by atomic mass is 9.74. The molecule has 1 atom stereocenters. The van der Waals surface area contributed by atoms with Crippen LogP contribution in [0.25, 0.3) is 0 Å². The molecule has 0 aromatic carbocycles. The van der Waals surface area contributed by atoms with E-state index in [2.05, 4.69) is 15.6 Å². The molecule has 6 nitrogen and oxygen atoms in total. The van der Waals surface area contributed by atoms with Crippen molar-refractivity contribution in [2.75, 3.05) is 19.6 Å². The molecule has 0 saturated carbocycles. The largest absolute Gasteiger partial charge is 0.325 e. The number of alkyl halides is 2. The maximum Gasteiger partial charge on any atom is 0.325 e. The normalized spacial score (nSPS) is 26.0. The zero-order valence-electron chi connectivity index (χ0n) is 12.5. The highest BCUT2D eigenvalue weighted by molar-refractivity contribution is 6.07. The molecule has 0 unspecified atom stereocenters. The second-order valence-corrected chi connectivity index (χ2v) is 5.81. The highest BCUT2D eigenvalue weighted by Crippen LogP contribution is 2.40. The third-order valence-corrected chi connectivity index (χ3v) is 4.52. The summed E-state index contributed by atoms with van der Waals surface area (Å²) in [5.41, 5.74) is -0.760. The molecule has 0 spiro atoms. The van der Waals surface area contributed by atoms with Crippen molar-refractivity contribution in [2.45, 2.75) is 24.8 Å². The van der Waals surface area contributed by atoms with Crippen LogP contribution in [0.1, 0.15) is 18.4 Å². The highest BCUT2D eigenvalue weighted by atomic mass is 19.3. The summed E-state index contributed by atoms with van der Waals surface area (Å²) in [6, 6.07) is 2.62. The van der Waals surface area contributed by atoms with Gasteiger partial charge in [-0.05, 0) is 37.9 Å². The van der Waals surface area contributed by atoms with E-state index >= 15 is 0 Å². The van der Waals surface area contributed by atoms with Gasteiger partial charge in [0.2, 0.25) is 0 Å². The number of piperidine rings is 1. The first-order valence-electron chi connectivity index (χ1n) is 7.59. The lowest BCUT2D eigenvalue weighted by Gasteiger charge is -2.37. The van der Waals surface area contributed by atoms with Gasteiger partial charge in [0.15, 0.2) is 5.54 Å². The Kier molecular flexibility index (Phi) is 4.25. The topological polar surface area (TPSA) is 74.3 Å². The minimum atomic E-state index is -2.76. The number of nitrogens with zero attached hydrogens (tertiary/aromatic N) is 2. The molecule has 3 rings (SSSR count). The number of urea groups is 1. The maximum absolute atomic E-state index is 12.9. The van der Waals surface area contributed by atoms with Crippen molar-refractivity contribution in [2.24, 2.45) is 5.92 Å². The molecule has 2 aliphatic rings. The van der Waals surface area contributed by atoms with Crippen LogP contribution in [0.2, 0.25) is 0 Å². The molecular formula is C15H18F2N4O2. The summed E-state index contributed by atoms with van der Waals surface area (Å²) in [7, 11) is 0. The Morgan fingerprint density at radius 2 is 2.09 bits per heavy atom. The zero-order valence-corrected chi connectivity index (χ0v) is 12.5.